The van der Waals surface area contributed by atoms with Gasteiger partial charge in [-0.3, -0.25) is 5.10 Å². The van der Waals surface area contributed by atoms with Gasteiger partial charge < -0.3 is 4.74 Å². The highest BCUT2D eigenvalue weighted by Gasteiger charge is 1.90. The Morgan fingerprint density at radius 1 is 1.78 bits per heavy atom. The lowest BCUT2D eigenvalue weighted by atomic mass is 10.3. The number of nitrogens with one attached hydrogen (secondary N) is 1. The van der Waals surface area contributed by atoms with Gasteiger partial charge in [-0.2, -0.15) is 5.10 Å². The Morgan fingerprint density at radius 2 is 2.67 bits per heavy atom. The lowest BCUT2D eigenvalue weighted by Gasteiger charge is -1.91. The van der Waals surface area contributed by atoms with E-state index in [2.05, 4.69) is 10.2 Å². The molecule has 0 amide bonds. The number of hydrogen-bond donors (Lipinski definition) is 1. The number of rotatable bonds is 3. The van der Waals surface area contributed by atoms with Crippen molar-refractivity contribution in [2.45, 2.75) is 6.42 Å². The molecule has 0 spiro atoms. The first-order valence-corrected chi connectivity index (χ1v) is 2.90. The van der Waals surface area contributed by atoms with Crippen LogP contribution >= 0.6 is 0 Å². The molecule has 1 rings (SSSR count). The molecule has 0 fully saturated rings. The molecule has 0 saturated carbocycles. The first kappa shape index (κ1) is 6.29. The molecule has 1 heterocycles. The smallest absolute Gasteiger partial charge is 0.0520 e. The zero-order chi connectivity index (χ0) is 6.53. The molecule has 0 aliphatic rings. The highest BCUT2D eigenvalue weighted by Crippen LogP contribution is 1.93. The Hall–Kier alpha value is -0.830. The molecular weight excluding hydrogens is 116 g/mol. The van der Waals surface area contributed by atoms with E-state index in [0.29, 0.717) is 0 Å². The van der Waals surface area contributed by atoms with Crippen molar-refractivity contribution in [3.8, 4) is 0 Å². The first-order valence-electron chi connectivity index (χ1n) is 2.90. The molecule has 0 aliphatic carbocycles. The quantitative estimate of drug-likeness (QED) is 0.644. The van der Waals surface area contributed by atoms with E-state index >= 15 is 0 Å². The van der Waals surface area contributed by atoms with Crippen LogP contribution in [-0.4, -0.2) is 23.9 Å². The maximum Gasteiger partial charge on any atom is 0.0520 e. The fraction of sp³-hybridized carbons (Fsp3) is 0.500. The van der Waals surface area contributed by atoms with Crippen LogP contribution in [-0.2, 0) is 11.2 Å². The summed E-state index contributed by atoms with van der Waals surface area (Å²) < 4.78 is 4.87. The van der Waals surface area contributed by atoms with Crippen molar-refractivity contribution < 1.29 is 4.74 Å². The van der Waals surface area contributed by atoms with Crippen LogP contribution in [0.2, 0.25) is 0 Å². The number of nitrogens with zero attached hydrogens (tertiary/aromatic N) is 1. The predicted octanol–water partition coefficient (Wildman–Crippen LogP) is 0.599. The van der Waals surface area contributed by atoms with Gasteiger partial charge >= 0.3 is 0 Å². The monoisotopic (exact) mass is 126 g/mol. The second-order valence-electron chi connectivity index (χ2n) is 1.85. The normalized spacial score (nSPS) is 9.89. The lowest BCUT2D eigenvalue weighted by Crippen LogP contribution is -1.91. The molecule has 0 aromatic carbocycles. The van der Waals surface area contributed by atoms with Gasteiger partial charge in [0.1, 0.15) is 0 Å². The summed E-state index contributed by atoms with van der Waals surface area (Å²) in [5.74, 6) is 0. The molecule has 0 atom stereocenters. The van der Waals surface area contributed by atoms with Gasteiger partial charge in [0.05, 0.1) is 12.8 Å². The van der Waals surface area contributed by atoms with E-state index in [-0.39, 0.29) is 0 Å². The van der Waals surface area contributed by atoms with Crippen molar-refractivity contribution in [3.05, 3.63) is 18.0 Å². The van der Waals surface area contributed by atoms with Gasteiger partial charge in [0, 0.05) is 13.3 Å². The van der Waals surface area contributed by atoms with Gasteiger partial charge in [0.25, 0.3) is 0 Å². The summed E-state index contributed by atoms with van der Waals surface area (Å²) in [7, 11) is 1.69. The van der Waals surface area contributed by atoms with Crippen LogP contribution in [0.15, 0.2) is 12.4 Å². The molecule has 50 valence electrons. The number of hydrogen-bond acceptors (Lipinski definition) is 2. The van der Waals surface area contributed by atoms with Crippen molar-refractivity contribution in [3.63, 3.8) is 0 Å². The molecule has 0 unspecified atom stereocenters. The molecule has 9 heavy (non-hydrogen) atoms. The van der Waals surface area contributed by atoms with E-state index in [1.165, 1.54) is 5.56 Å². The van der Waals surface area contributed by atoms with Gasteiger partial charge in [-0.05, 0) is 12.0 Å². The second-order valence-corrected chi connectivity index (χ2v) is 1.85. The fourth-order valence-electron chi connectivity index (χ4n) is 0.634. The third kappa shape index (κ3) is 1.85. The maximum absolute atomic E-state index is 4.87. The van der Waals surface area contributed by atoms with Crippen LogP contribution in [0.1, 0.15) is 5.56 Å². The van der Waals surface area contributed by atoms with Crippen LogP contribution in [0, 0.1) is 0 Å². The second kappa shape index (κ2) is 3.25. The minimum atomic E-state index is 0.763. The molecule has 1 N–H and O–H groups in total. The van der Waals surface area contributed by atoms with Crippen molar-refractivity contribution >= 4 is 0 Å². The third-order valence-electron chi connectivity index (χ3n) is 1.15. The van der Waals surface area contributed by atoms with E-state index < -0.39 is 0 Å². The molecule has 3 heteroatoms. The highest BCUT2D eigenvalue weighted by molar-refractivity contribution is 5.01. The summed E-state index contributed by atoms with van der Waals surface area (Å²) in [5, 5.41) is 6.53. The van der Waals surface area contributed by atoms with Gasteiger partial charge in [-0.1, -0.05) is 0 Å². The molecule has 0 saturated heterocycles. The highest BCUT2D eigenvalue weighted by atomic mass is 16.5. The van der Waals surface area contributed by atoms with E-state index in [0.717, 1.165) is 13.0 Å². The topological polar surface area (TPSA) is 37.9 Å². The van der Waals surface area contributed by atoms with Crippen LogP contribution in [0.4, 0.5) is 0 Å². The van der Waals surface area contributed by atoms with Gasteiger partial charge in [-0.25, -0.2) is 0 Å². The molecule has 0 aliphatic heterocycles. The molecule has 1 aromatic rings. The Morgan fingerprint density at radius 3 is 3.22 bits per heavy atom. The Labute approximate surface area is 54.0 Å². The van der Waals surface area contributed by atoms with Crippen molar-refractivity contribution in [2.75, 3.05) is 13.7 Å². The van der Waals surface area contributed by atoms with Crippen LogP contribution in [0.25, 0.3) is 0 Å². The molecule has 3 nitrogen and oxygen atoms in total. The van der Waals surface area contributed by atoms with E-state index in [1.807, 2.05) is 6.20 Å². The average Bonchev–Trinajstić information content (AvgIpc) is 2.34. The number of ether oxygens (including phenoxy) is 1. The number of methoxy groups -OCH3 is 1. The minimum Gasteiger partial charge on any atom is -0.384 e. The average molecular weight is 126 g/mol. The van der Waals surface area contributed by atoms with E-state index in [4.69, 9.17) is 4.74 Å². The van der Waals surface area contributed by atoms with Crippen molar-refractivity contribution in [1.82, 2.24) is 10.2 Å². The summed E-state index contributed by atoms with van der Waals surface area (Å²) in [4.78, 5) is 0. The predicted molar refractivity (Wildman–Crippen MR) is 34.2 cm³/mol. The Bertz CT molecular complexity index is 148. The fourth-order valence-corrected chi connectivity index (χ4v) is 0.634. The van der Waals surface area contributed by atoms with Gasteiger partial charge in [0.15, 0.2) is 0 Å². The standard InChI is InChI=1S/C6H10N2O/c1-9-3-2-6-4-7-8-5-6/h4-5H,2-3H2,1H3,(H,7,8). The zero-order valence-electron chi connectivity index (χ0n) is 5.42. The molecular formula is C6H10N2O. The third-order valence-corrected chi connectivity index (χ3v) is 1.15. The maximum atomic E-state index is 4.87. The first-order chi connectivity index (χ1) is 4.43. The SMILES string of the molecule is COCCc1cn[nH]c1. The van der Waals surface area contributed by atoms with Gasteiger partial charge in [-0.15, -0.1) is 0 Å². The molecule has 1 aromatic heterocycles. The van der Waals surface area contributed by atoms with Crippen LogP contribution < -0.4 is 0 Å². The summed E-state index contributed by atoms with van der Waals surface area (Å²) in [6.45, 7) is 0.763. The van der Waals surface area contributed by atoms with Crippen LogP contribution in [0.3, 0.4) is 0 Å². The molecule has 0 bridgehead atoms. The van der Waals surface area contributed by atoms with E-state index in [1.54, 1.807) is 13.3 Å². The van der Waals surface area contributed by atoms with E-state index in [9.17, 15) is 0 Å². The minimum absolute atomic E-state index is 0.763. The summed E-state index contributed by atoms with van der Waals surface area (Å²) >= 11 is 0. The number of aromatic nitrogens is 2. The summed E-state index contributed by atoms with van der Waals surface area (Å²) in [6.07, 6.45) is 4.62. The van der Waals surface area contributed by atoms with Crippen molar-refractivity contribution in [1.29, 1.82) is 0 Å². The zero-order valence-corrected chi connectivity index (χ0v) is 5.42. The summed E-state index contributed by atoms with van der Waals surface area (Å²) in [6, 6.07) is 0. The lowest BCUT2D eigenvalue weighted by molar-refractivity contribution is 0.202. The van der Waals surface area contributed by atoms with Crippen molar-refractivity contribution in [2.24, 2.45) is 0 Å². The summed E-state index contributed by atoms with van der Waals surface area (Å²) in [5.41, 5.74) is 1.19. The Kier molecular flexibility index (Phi) is 2.27. The molecule has 0 radical (unpaired) electrons. The number of aromatic amines is 1. The largest absolute Gasteiger partial charge is 0.384 e. The Balaban J connectivity index is 2.30. The van der Waals surface area contributed by atoms with Crippen LogP contribution in [0.5, 0.6) is 0 Å². The number of H-pyrrole nitrogens is 1. The van der Waals surface area contributed by atoms with Gasteiger partial charge in [0.2, 0.25) is 0 Å².